The third-order valence-electron chi connectivity index (χ3n) is 5.82. The standard InChI is InChI=1S/C27H24ClNO4/c1-2-3-7-18-14-25(30)33-26-22(18)15-24(28)27-23(26)16-29(17-31-27)19-10-12-21(13-11-19)32-20-8-5-4-6-9-20/h4-6,8-15H,2-3,7,16-17H2,1H3. The second-order valence-corrected chi connectivity index (χ2v) is 8.52. The van der Waals surface area contributed by atoms with Crippen LogP contribution in [0.25, 0.3) is 11.0 Å². The van der Waals surface area contributed by atoms with E-state index in [-0.39, 0.29) is 5.63 Å². The minimum atomic E-state index is -0.349. The Kier molecular flexibility index (Phi) is 5.97. The van der Waals surface area contributed by atoms with Gasteiger partial charge in [0.25, 0.3) is 0 Å². The number of halogens is 1. The normalized spacial score (nSPS) is 13.0. The van der Waals surface area contributed by atoms with Gasteiger partial charge in [-0.2, -0.15) is 0 Å². The van der Waals surface area contributed by atoms with Gasteiger partial charge in [-0.25, -0.2) is 4.79 Å². The van der Waals surface area contributed by atoms with E-state index in [1.165, 1.54) is 0 Å². The van der Waals surface area contributed by atoms with E-state index in [1.54, 1.807) is 6.07 Å². The number of benzene rings is 3. The van der Waals surface area contributed by atoms with Crippen LogP contribution >= 0.6 is 11.6 Å². The lowest BCUT2D eigenvalue weighted by Crippen LogP contribution is -2.32. The average Bonchev–Trinajstić information content (AvgIpc) is 2.84. The van der Waals surface area contributed by atoms with E-state index >= 15 is 0 Å². The molecule has 6 heteroatoms. The molecule has 1 aromatic heterocycles. The van der Waals surface area contributed by atoms with Gasteiger partial charge in [0.2, 0.25) is 0 Å². The molecule has 0 fully saturated rings. The number of para-hydroxylation sites is 1. The molecule has 0 bridgehead atoms. The van der Waals surface area contributed by atoms with Gasteiger partial charge in [-0.1, -0.05) is 43.1 Å². The van der Waals surface area contributed by atoms with Gasteiger partial charge in [0.15, 0.2) is 6.73 Å². The largest absolute Gasteiger partial charge is 0.471 e. The van der Waals surface area contributed by atoms with Crippen molar-refractivity contribution in [3.05, 3.63) is 93.3 Å². The zero-order valence-corrected chi connectivity index (χ0v) is 19.1. The zero-order valence-electron chi connectivity index (χ0n) is 18.3. The molecular weight excluding hydrogens is 438 g/mol. The fraction of sp³-hybridized carbons (Fsp3) is 0.222. The molecule has 5 nitrogen and oxygen atoms in total. The van der Waals surface area contributed by atoms with Crippen molar-refractivity contribution in [1.82, 2.24) is 0 Å². The quantitative estimate of drug-likeness (QED) is 0.291. The van der Waals surface area contributed by atoms with Crippen LogP contribution in [0.4, 0.5) is 5.69 Å². The molecule has 5 rings (SSSR count). The fourth-order valence-electron chi connectivity index (χ4n) is 4.14. The van der Waals surface area contributed by atoms with E-state index in [0.29, 0.717) is 29.6 Å². The fourth-order valence-corrected chi connectivity index (χ4v) is 4.42. The van der Waals surface area contributed by atoms with Crippen molar-refractivity contribution < 1.29 is 13.9 Å². The number of unbranched alkanes of at least 4 members (excludes halogenated alkanes) is 1. The molecule has 1 aliphatic heterocycles. The van der Waals surface area contributed by atoms with Gasteiger partial charge in [-0.05, 0) is 60.9 Å². The average molecular weight is 462 g/mol. The van der Waals surface area contributed by atoms with Crippen LogP contribution in [0, 0.1) is 0 Å². The van der Waals surface area contributed by atoms with E-state index in [4.69, 9.17) is 25.5 Å². The smallest absolute Gasteiger partial charge is 0.336 e. The lowest BCUT2D eigenvalue weighted by atomic mass is 10.0. The molecule has 33 heavy (non-hydrogen) atoms. The second kappa shape index (κ2) is 9.20. The van der Waals surface area contributed by atoms with Crippen molar-refractivity contribution in [2.75, 3.05) is 11.6 Å². The van der Waals surface area contributed by atoms with Gasteiger partial charge in [0, 0.05) is 17.1 Å². The number of rotatable bonds is 6. The summed E-state index contributed by atoms with van der Waals surface area (Å²) in [5.74, 6) is 2.12. The topological polar surface area (TPSA) is 51.9 Å². The maximum Gasteiger partial charge on any atom is 0.336 e. The van der Waals surface area contributed by atoms with Gasteiger partial charge < -0.3 is 18.8 Å². The molecule has 2 heterocycles. The summed E-state index contributed by atoms with van der Waals surface area (Å²) in [6, 6.07) is 20.9. The van der Waals surface area contributed by atoms with E-state index < -0.39 is 0 Å². The van der Waals surface area contributed by atoms with Crippen molar-refractivity contribution in [2.45, 2.75) is 32.7 Å². The Hall–Kier alpha value is -3.44. The summed E-state index contributed by atoms with van der Waals surface area (Å²) in [5, 5.41) is 1.42. The number of hydrogen-bond acceptors (Lipinski definition) is 5. The van der Waals surface area contributed by atoms with Crippen LogP contribution in [0.2, 0.25) is 5.02 Å². The molecule has 0 N–H and O–H groups in total. The summed E-state index contributed by atoms with van der Waals surface area (Å²) in [6.45, 7) is 2.99. The third-order valence-corrected chi connectivity index (χ3v) is 6.10. The minimum absolute atomic E-state index is 0.344. The number of anilines is 1. The molecule has 0 spiro atoms. The van der Waals surface area contributed by atoms with E-state index in [9.17, 15) is 4.79 Å². The van der Waals surface area contributed by atoms with Crippen LogP contribution in [-0.2, 0) is 13.0 Å². The molecule has 0 aliphatic carbocycles. The molecular formula is C27H24ClNO4. The molecule has 0 atom stereocenters. The molecule has 168 valence electrons. The van der Waals surface area contributed by atoms with Crippen molar-refractivity contribution in [3.63, 3.8) is 0 Å². The molecule has 0 radical (unpaired) electrons. The molecule has 0 saturated carbocycles. The molecule has 0 saturated heterocycles. The minimum Gasteiger partial charge on any atom is -0.471 e. The Labute approximate surface area is 197 Å². The van der Waals surface area contributed by atoms with Crippen LogP contribution in [0.3, 0.4) is 0 Å². The van der Waals surface area contributed by atoms with E-state index in [0.717, 1.165) is 53.0 Å². The molecule has 4 aromatic rings. The van der Waals surface area contributed by atoms with E-state index in [1.807, 2.05) is 60.7 Å². The number of fused-ring (bicyclic) bond motifs is 3. The Morgan fingerprint density at radius 1 is 1.03 bits per heavy atom. The summed E-state index contributed by atoms with van der Waals surface area (Å²) >= 11 is 6.58. The van der Waals surface area contributed by atoms with Crippen LogP contribution in [-0.4, -0.2) is 6.73 Å². The van der Waals surface area contributed by atoms with Crippen LogP contribution < -0.4 is 20.0 Å². The highest BCUT2D eigenvalue weighted by molar-refractivity contribution is 6.33. The second-order valence-electron chi connectivity index (χ2n) is 8.12. The maximum atomic E-state index is 12.3. The maximum absolute atomic E-state index is 12.3. The lowest BCUT2D eigenvalue weighted by molar-refractivity contribution is 0.289. The highest BCUT2D eigenvalue weighted by atomic mass is 35.5. The Balaban J connectivity index is 1.45. The van der Waals surface area contributed by atoms with Crippen LogP contribution in [0.5, 0.6) is 17.2 Å². The molecule has 1 aliphatic rings. The Bertz CT molecular complexity index is 1330. The first-order valence-electron chi connectivity index (χ1n) is 11.1. The highest BCUT2D eigenvalue weighted by Crippen LogP contribution is 2.40. The van der Waals surface area contributed by atoms with Gasteiger partial charge in [0.05, 0.1) is 17.1 Å². The van der Waals surface area contributed by atoms with Crippen molar-refractivity contribution in [3.8, 4) is 17.2 Å². The summed E-state index contributed by atoms with van der Waals surface area (Å²) < 4.78 is 17.6. The highest BCUT2D eigenvalue weighted by Gasteiger charge is 2.25. The van der Waals surface area contributed by atoms with Crippen LogP contribution in [0.1, 0.15) is 30.9 Å². The van der Waals surface area contributed by atoms with Gasteiger partial charge >= 0.3 is 5.63 Å². The molecule has 0 amide bonds. The first-order chi connectivity index (χ1) is 16.1. The van der Waals surface area contributed by atoms with Crippen molar-refractivity contribution in [1.29, 1.82) is 0 Å². The van der Waals surface area contributed by atoms with Gasteiger partial charge in [-0.3, -0.25) is 0 Å². The summed E-state index contributed by atoms with van der Waals surface area (Å²) in [4.78, 5) is 14.4. The number of hydrogen-bond donors (Lipinski definition) is 0. The number of nitrogens with zero attached hydrogens (tertiary/aromatic N) is 1. The zero-order chi connectivity index (χ0) is 22.8. The lowest BCUT2D eigenvalue weighted by Gasteiger charge is -2.31. The summed E-state index contributed by atoms with van der Waals surface area (Å²) in [6.07, 6.45) is 2.84. The third kappa shape index (κ3) is 4.41. The van der Waals surface area contributed by atoms with Gasteiger partial charge in [-0.15, -0.1) is 0 Å². The Morgan fingerprint density at radius 3 is 2.55 bits per heavy atom. The van der Waals surface area contributed by atoms with Crippen LogP contribution in [0.15, 0.2) is 75.9 Å². The van der Waals surface area contributed by atoms with Crippen molar-refractivity contribution in [2.24, 2.45) is 0 Å². The predicted octanol–water partition coefficient (Wildman–Crippen LogP) is 6.94. The first-order valence-corrected chi connectivity index (χ1v) is 11.5. The van der Waals surface area contributed by atoms with Crippen molar-refractivity contribution >= 4 is 28.3 Å². The molecule has 0 unspecified atom stereocenters. The molecule has 3 aromatic carbocycles. The number of ether oxygens (including phenoxy) is 2. The monoisotopic (exact) mass is 461 g/mol. The predicted molar refractivity (Wildman–Crippen MR) is 131 cm³/mol. The van der Waals surface area contributed by atoms with Gasteiger partial charge in [0.1, 0.15) is 22.8 Å². The first kappa shape index (κ1) is 21.4. The summed E-state index contributed by atoms with van der Waals surface area (Å²) in [7, 11) is 0. The number of aryl methyl sites for hydroxylation is 1. The van der Waals surface area contributed by atoms with E-state index in [2.05, 4.69) is 11.8 Å². The SMILES string of the molecule is CCCCc1cc(=O)oc2c3c(c(Cl)cc12)OCN(c1ccc(Oc2ccccc2)cc1)C3. The Morgan fingerprint density at radius 2 is 1.79 bits per heavy atom. The summed E-state index contributed by atoms with van der Waals surface area (Å²) in [5.41, 5.74) is 2.94.